The highest BCUT2D eigenvalue weighted by Gasteiger charge is 2.28. The normalized spacial score (nSPS) is 17.2. The van der Waals surface area contributed by atoms with Crippen molar-refractivity contribution in [3.63, 3.8) is 0 Å². The summed E-state index contributed by atoms with van der Waals surface area (Å²) in [5.41, 5.74) is 1.05. The van der Waals surface area contributed by atoms with E-state index in [1.807, 2.05) is 43.5 Å². The van der Waals surface area contributed by atoms with Gasteiger partial charge in [0.05, 0.1) is 12.1 Å². The van der Waals surface area contributed by atoms with E-state index in [0.29, 0.717) is 6.42 Å². The van der Waals surface area contributed by atoms with Gasteiger partial charge in [0.2, 0.25) is 0 Å². The molecule has 0 N–H and O–H groups in total. The molecule has 0 bridgehead atoms. The molecule has 128 valence electrons. The molecule has 0 radical (unpaired) electrons. The van der Waals surface area contributed by atoms with E-state index in [4.69, 9.17) is 16.0 Å². The maximum absolute atomic E-state index is 6.23. The van der Waals surface area contributed by atoms with Gasteiger partial charge in [-0.1, -0.05) is 29.8 Å². The van der Waals surface area contributed by atoms with Crippen LogP contribution in [0.3, 0.4) is 0 Å². The van der Waals surface area contributed by atoms with Gasteiger partial charge in [0.15, 0.2) is 5.89 Å². The van der Waals surface area contributed by atoms with Crippen LogP contribution >= 0.6 is 11.6 Å². The SMILES string of the molecule is Cc1nccc(N2CC[C@@H](c3ncc(Cc4ccccc4Cl)o3)C2)n1. The van der Waals surface area contributed by atoms with E-state index in [1.165, 1.54) is 0 Å². The standard InChI is InChI=1S/C19H19ClN4O/c1-13-21-8-6-18(23-13)24-9-7-15(12-24)19-22-11-16(25-19)10-14-4-2-3-5-17(14)20/h2-6,8,11,15H,7,9-10,12H2,1H3/t15-/m1/s1. The first kappa shape index (κ1) is 16.1. The van der Waals surface area contributed by atoms with Crippen molar-refractivity contribution in [2.45, 2.75) is 25.7 Å². The third-order valence-corrected chi connectivity index (χ3v) is 4.89. The fourth-order valence-corrected chi connectivity index (χ4v) is 3.41. The number of hydrogen-bond donors (Lipinski definition) is 0. The number of hydrogen-bond acceptors (Lipinski definition) is 5. The Balaban J connectivity index is 1.45. The molecule has 0 spiro atoms. The third kappa shape index (κ3) is 3.51. The number of benzene rings is 1. The van der Waals surface area contributed by atoms with E-state index < -0.39 is 0 Å². The molecule has 1 fully saturated rings. The first-order valence-electron chi connectivity index (χ1n) is 8.41. The molecule has 0 amide bonds. The zero-order chi connectivity index (χ0) is 17.2. The van der Waals surface area contributed by atoms with E-state index in [0.717, 1.165) is 53.4 Å². The minimum atomic E-state index is 0.287. The number of oxazole rings is 1. The van der Waals surface area contributed by atoms with E-state index in [2.05, 4.69) is 19.9 Å². The Labute approximate surface area is 151 Å². The van der Waals surface area contributed by atoms with Gasteiger partial charge >= 0.3 is 0 Å². The fraction of sp³-hybridized carbons (Fsp3) is 0.316. The van der Waals surface area contributed by atoms with Crippen LogP contribution in [0.1, 0.15) is 35.4 Å². The minimum absolute atomic E-state index is 0.287. The number of anilines is 1. The molecule has 1 aliphatic rings. The van der Waals surface area contributed by atoms with Crippen LogP contribution in [0, 0.1) is 6.92 Å². The number of aryl methyl sites for hydroxylation is 1. The molecule has 4 rings (SSSR count). The van der Waals surface area contributed by atoms with Crippen LogP contribution in [-0.4, -0.2) is 28.0 Å². The predicted octanol–water partition coefficient (Wildman–Crippen LogP) is 4.01. The van der Waals surface area contributed by atoms with Gasteiger partial charge in [0.1, 0.15) is 17.4 Å². The van der Waals surface area contributed by atoms with Crippen LogP contribution in [0.4, 0.5) is 5.82 Å². The molecule has 3 aromatic rings. The van der Waals surface area contributed by atoms with Crippen molar-refractivity contribution < 1.29 is 4.42 Å². The molecular formula is C19H19ClN4O. The summed E-state index contributed by atoms with van der Waals surface area (Å²) in [6.45, 7) is 3.72. The zero-order valence-electron chi connectivity index (χ0n) is 14.0. The van der Waals surface area contributed by atoms with Crippen LogP contribution in [0.15, 0.2) is 47.1 Å². The second-order valence-electron chi connectivity index (χ2n) is 6.33. The van der Waals surface area contributed by atoms with Crippen molar-refractivity contribution in [3.05, 3.63) is 70.8 Å². The lowest BCUT2D eigenvalue weighted by atomic mass is 10.1. The molecule has 1 saturated heterocycles. The molecule has 2 aromatic heterocycles. The Morgan fingerprint density at radius 3 is 2.96 bits per heavy atom. The Morgan fingerprint density at radius 1 is 1.24 bits per heavy atom. The van der Waals surface area contributed by atoms with E-state index in [9.17, 15) is 0 Å². The number of halogens is 1. The monoisotopic (exact) mass is 354 g/mol. The first-order chi connectivity index (χ1) is 12.2. The van der Waals surface area contributed by atoms with Gasteiger partial charge in [0.25, 0.3) is 0 Å². The molecule has 0 saturated carbocycles. The smallest absolute Gasteiger partial charge is 0.199 e. The lowest BCUT2D eigenvalue weighted by Gasteiger charge is -2.16. The molecule has 3 heterocycles. The summed E-state index contributed by atoms with van der Waals surface area (Å²) in [7, 11) is 0. The minimum Gasteiger partial charge on any atom is -0.445 e. The molecule has 0 aliphatic carbocycles. The zero-order valence-corrected chi connectivity index (χ0v) is 14.8. The van der Waals surface area contributed by atoms with Crippen LogP contribution in [0.5, 0.6) is 0 Å². The lowest BCUT2D eigenvalue weighted by Crippen LogP contribution is -2.20. The second kappa shape index (κ2) is 6.84. The van der Waals surface area contributed by atoms with Crippen molar-refractivity contribution in [3.8, 4) is 0 Å². The number of rotatable bonds is 4. The quantitative estimate of drug-likeness (QED) is 0.708. The topological polar surface area (TPSA) is 55.1 Å². The van der Waals surface area contributed by atoms with E-state index in [-0.39, 0.29) is 5.92 Å². The van der Waals surface area contributed by atoms with Gasteiger partial charge in [-0.2, -0.15) is 0 Å². The van der Waals surface area contributed by atoms with Crippen molar-refractivity contribution in [2.75, 3.05) is 18.0 Å². The molecule has 1 atom stereocenters. The van der Waals surface area contributed by atoms with Crippen molar-refractivity contribution in [1.29, 1.82) is 0 Å². The predicted molar refractivity (Wildman–Crippen MR) is 97.1 cm³/mol. The van der Waals surface area contributed by atoms with Gasteiger partial charge in [0, 0.05) is 30.7 Å². The number of nitrogens with zero attached hydrogens (tertiary/aromatic N) is 4. The molecule has 0 unspecified atom stereocenters. The second-order valence-corrected chi connectivity index (χ2v) is 6.73. The molecule has 1 aromatic carbocycles. The molecule has 25 heavy (non-hydrogen) atoms. The van der Waals surface area contributed by atoms with Gasteiger partial charge in [-0.25, -0.2) is 15.0 Å². The summed E-state index contributed by atoms with van der Waals surface area (Å²) in [5.74, 6) is 3.70. The Bertz CT molecular complexity index is 879. The Kier molecular flexibility index (Phi) is 4.40. The van der Waals surface area contributed by atoms with E-state index in [1.54, 1.807) is 6.20 Å². The first-order valence-corrected chi connectivity index (χ1v) is 8.79. The van der Waals surface area contributed by atoms with Crippen molar-refractivity contribution in [1.82, 2.24) is 15.0 Å². The van der Waals surface area contributed by atoms with Crippen molar-refractivity contribution in [2.24, 2.45) is 0 Å². The summed E-state index contributed by atoms with van der Waals surface area (Å²) in [5, 5.41) is 0.756. The van der Waals surface area contributed by atoms with Gasteiger partial charge < -0.3 is 9.32 Å². The Hall–Kier alpha value is -2.40. The maximum Gasteiger partial charge on any atom is 0.199 e. The number of aromatic nitrogens is 3. The average molecular weight is 355 g/mol. The summed E-state index contributed by atoms with van der Waals surface area (Å²) < 4.78 is 6.01. The summed E-state index contributed by atoms with van der Waals surface area (Å²) in [6.07, 6.45) is 5.29. The molecule has 5 nitrogen and oxygen atoms in total. The van der Waals surface area contributed by atoms with Crippen molar-refractivity contribution >= 4 is 17.4 Å². The van der Waals surface area contributed by atoms with E-state index >= 15 is 0 Å². The van der Waals surface area contributed by atoms with Gasteiger partial charge in [-0.3, -0.25) is 0 Å². The van der Waals surface area contributed by atoms with Gasteiger partial charge in [-0.05, 0) is 31.0 Å². The maximum atomic E-state index is 6.23. The molecular weight excluding hydrogens is 336 g/mol. The van der Waals surface area contributed by atoms with Crippen LogP contribution in [0.2, 0.25) is 5.02 Å². The Morgan fingerprint density at radius 2 is 2.12 bits per heavy atom. The highest BCUT2D eigenvalue weighted by Crippen LogP contribution is 2.30. The fourth-order valence-electron chi connectivity index (χ4n) is 3.21. The molecule has 6 heteroatoms. The summed E-state index contributed by atoms with van der Waals surface area (Å²) in [4.78, 5) is 15.4. The summed E-state index contributed by atoms with van der Waals surface area (Å²) >= 11 is 6.23. The summed E-state index contributed by atoms with van der Waals surface area (Å²) in [6, 6.07) is 9.77. The van der Waals surface area contributed by atoms with Crippen LogP contribution in [-0.2, 0) is 6.42 Å². The molecule has 1 aliphatic heterocycles. The average Bonchev–Trinajstić information content (AvgIpc) is 3.26. The largest absolute Gasteiger partial charge is 0.445 e. The highest BCUT2D eigenvalue weighted by atomic mass is 35.5. The lowest BCUT2D eigenvalue weighted by molar-refractivity contribution is 0.433. The van der Waals surface area contributed by atoms with Crippen LogP contribution < -0.4 is 4.90 Å². The third-order valence-electron chi connectivity index (χ3n) is 4.52. The van der Waals surface area contributed by atoms with Gasteiger partial charge in [-0.15, -0.1) is 0 Å². The highest BCUT2D eigenvalue weighted by molar-refractivity contribution is 6.31. The van der Waals surface area contributed by atoms with Crippen LogP contribution in [0.25, 0.3) is 0 Å².